The van der Waals surface area contributed by atoms with E-state index in [-0.39, 0.29) is 23.4 Å². The molecule has 3 rings (SSSR count). The van der Waals surface area contributed by atoms with Crippen molar-refractivity contribution in [3.05, 3.63) is 42.1 Å². The average molecular weight is 399 g/mol. The van der Waals surface area contributed by atoms with Crippen LogP contribution in [0.3, 0.4) is 0 Å². The molecule has 0 bridgehead atoms. The molecule has 156 valence electrons. The first-order valence-electron chi connectivity index (χ1n) is 10.1. The largest absolute Gasteiger partial charge is 0.379 e. The Morgan fingerprint density at radius 2 is 1.90 bits per heavy atom. The summed E-state index contributed by atoms with van der Waals surface area (Å²) in [5.74, 6) is -0.0683. The van der Waals surface area contributed by atoms with Crippen LogP contribution in [0, 0.1) is 5.92 Å². The van der Waals surface area contributed by atoms with Crippen molar-refractivity contribution in [1.29, 1.82) is 0 Å². The SMILES string of the molecule is CC(C)C(=O)Nc1cc(C(=O)NCCCN2CCOCC2)nn1-c1ccccc1. The van der Waals surface area contributed by atoms with Gasteiger partial charge in [0.05, 0.1) is 18.9 Å². The fourth-order valence-corrected chi connectivity index (χ4v) is 3.04. The fourth-order valence-electron chi connectivity index (χ4n) is 3.04. The molecule has 29 heavy (non-hydrogen) atoms. The summed E-state index contributed by atoms with van der Waals surface area (Å²) in [6.07, 6.45) is 0.863. The second kappa shape index (κ2) is 10.2. The summed E-state index contributed by atoms with van der Waals surface area (Å²) in [5.41, 5.74) is 1.05. The van der Waals surface area contributed by atoms with Crippen LogP contribution in [0.4, 0.5) is 5.82 Å². The van der Waals surface area contributed by atoms with E-state index in [1.54, 1.807) is 10.7 Å². The minimum Gasteiger partial charge on any atom is -0.379 e. The van der Waals surface area contributed by atoms with Gasteiger partial charge in [-0.15, -0.1) is 0 Å². The lowest BCUT2D eigenvalue weighted by molar-refractivity contribution is -0.118. The molecule has 1 aliphatic rings. The highest BCUT2D eigenvalue weighted by Crippen LogP contribution is 2.18. The monoisotopic (exact) mass is 399 g/mol. The van der Waals surface area contributed by atoms with Gasteiger partial charge in [0.1, 0.15) is 5.82 Å². The molecular formula is C21H29N5O3. The summed E-state index contributed by atoms with van der Waals surface area (Å²) in [4.78, 5) is 27.1. The van der Waals surface area contributed by atoms with Crippen LogP contribution >= 0.6 is 0 Å². The smallest absolute Gasteiger partial charge is 0.271 e. The van der Waals surface area contributed by atoms with E-state index >= 15 is 0 Å². The molecule has 0 saturated carbocycles. The van der Waals surface area contributed by atoms with E-state index in [1.165, 1.54) is 0 Å². The number of hydrogen-bond acceptors (Lipinski definition) is 5. The van der Waals surface area contributed by atoms with Crippen molar-refractivity contribution in [2.75, 3.05) is 44.7 Å². The molecule has 2 heterocycles. The van der Waals surface area contributed by atoms with Gasteiger partial charge in [-0.2, -0.15) is 5.10 Å². The van der Waals surface area contributed by atoms with Gasteiger partial charge in [0.15, 0.2) is 5.69 Å². The van der Waals surface area contributed by atoms with Crippen molar-refractivity contribution >= 4 is 17.6 Å². The average Bonchev–Trinajstić information content (AvgIpc) is 3.16. The van der Waals surface area contributed by atoms with E-state index in [0.717, 1.165) is 45.0 Å². The normalized spacial score (nSPS) is 14.7. The molecule has 1 aliphatic heterocycles. The van der Waals surface area contributed by atoms with Gasteiger partial charge in [0.25, 0.3) is 5.91 Å². The standard InChI is InChI=1S/C21H29N5O3/c1-16(2)20(27)23-19-15-18(24-26(19)17-7-4-3-5-8-17)21(28)22-9-6-10-25-11-13-29-14-12-25/h3-5,7-8,15-16H,6,9-14H2,1-2H3,(H,22,28)(H,23,27). The number of morpholine rings is 1. The molecule has 2 N–H and O–H groups in total. The maximum Gasteiger partial charge on any atom is 0.271 e. The molecule has 0 atom stereocenters. The van der Waals surface area contributed by atoms with Gasteiger partial charge in [-0.25, -0.2) is 4.68 Å². The van der Waals surface area contributed by atoms with Crippen LogP contribution in [-0.4, -0.2) is 65.9 Å². The second-order valence-corrected chi connectivity index (χ2v) is 7.37. The number of anilines is 1. The number of nitrogens with zero attached hydrogens (tertiary/aromatic N) is 3. The molecule has 1 aromatic heterocycles. The number of nitrogens with one attached hydrogen (secondary N) is 2. The Morgan fingerprint density at radius 1 is 1.17 bits per heavy atom. The van der Waals surface area contributed by atoms with Crippen LogP contribution in [0.2, 0.25) is 0 Å². The minimum atomic E-state index is -0.248. The summed E-state index contributed by atoms with van der Waals surface area (Å²) >= 11 is 0. The Bertz CT molecular complexity index is 813. The Balaban J connectivity index is 1.64. The number of amides is 2. The number of hydrogen-bond donors (Lipinski definition) is 2. The maximum atomic E-state index is 12.6. The molecule has 0 aliphatic carbocycles. The van der Waals surface area contributed by atoms with E-state index in [1.807, 2.05) is 44.2 Å². The number of rotatable bonds is 8. The van der Waals surface area contributed by atoms with Gasteiger partial charge in [-0.05, 0) is 25.1 Å². The third kappa shape index (κ3) is 5.88. The van der Waals surface area contributed by atoms with Crippen LogP contribution in [0.15, 0.2) is 36.4 Å². The summed E-state index contributed by atoms with van der Waals surface area (Å²) in [6, 6.07) is 11.0. The first-order valence-corrected chi connectivity index (χ1v) is 10.1. The number of benzene rings is 1. The first kappa shape index (κ1) is 21.0. The van der Waals surface area contributed by atoms with Crippen molar-refractivity contribution in [3.63, 3.8) is 0 Å². The number of aromatic nitrogens is 2. The van der Waals surface area contributed by atoms with Crippen LogP contribution in [0.1, 0.15) is 30.8 Å². The molecular weight excluding hydrogens is 370 g/mol. The zero-order valence-electron chi connectivity index (χ0n) is 17.1. The lowest BCUT2D eigenvalue weighted by atomic mass is 10.2. The summed E-state index contributed by atoms with van der Waals surface area (Å²) in [7, 11) is 0. The van der Waals surface area contributed by atoms with E-state index < -0.39 is 0 Å². The highest BCUT2D eigenvalue weighted by atomic mass is 16.5. The van der Waals surface area contributed by atoms with Crippen molar-refractivity contribution in [2.24, 2.45) is 5.92 Å². The zero-order valence-corrected chi connectivity index (χ0v) is 17.1. The number of para-hydroxylation sites is 1. The van der Waals surface area contributed by atoms with Crippen LogP contribution in [0.5, 0.6) is 0 Å². The first-order chi connectivity index (χ1) is 14.0. The molecule has 2 amide bonds. The van der Waals surface area contributed by atoms with Gasteiger partial charge < -0.3 is 15.4 Å². The molecule has 0 radical (unpaired) electrons. The molecule has 0 spiro atoms. The molecule has 8 nitrogen and oxygen atoms in total. The minimum absolute atomic E-state index is 0.125. The highest BCUT2D eigenvalue weighted by molar-refractivity contribution is 5.96. The van der Waals surface area contributed by atoms with E-state index in [0.29, 0.717) is 12.4 Å². The van der Waals surface area contributed by atoms with E-state index in [4.69, 9.17) is 4.74 Å². The summed E-state index contributed by atoms with van der Waals surface area (Å²) in [6.45, 7) is 8.56. The molecule has 1 aromatic carbocycles. The summed E-state index contributed by atoms with van der Waals surface area (Å²) < 4.78 is 6.93. The van der Waals surface area contributed by atoms with Gasteiger partial charge in [-0.3, -0.25) is 14.5 Å². The molecule has 0 unspecified atom stereocenters. The predicted octanol–water partition coefficient (Wildman–Crippen LogP) is 1.92. The van der Waals surface area contributed by atoms with Crippen molar-refractivity contribution in [1.82, 2.24) is 20.0 Å². The van der Waals surface area contributed by atoms with Crippen LogP contribution in [-0.2, 0) is 9.53 Å². The predicted molar refractivity (Wildman–Crippen MR) is 111 cm³/mol. The molecule has 8 heteroatoms. The lowest BCUT2D eigenvalue weighted by Crippen LogP contribution is -2.38. The molecule has 2 aromatic rings. The van der Waals surface area contributed by atoms with Gasteiger partial charge in [0.2, 0.25) is 5.91 Å². The van der Waals surface area contributed by atoms with Gasteiger partial charge >= 0.3 is 0 Å². The quantitative estimate of drug-likeness (QED) is 0.662. The van der Waals surface area contributed by atoms with E-state index in [2.05, 4.69) is 20.6 Å². The van der Waals surface area contributed by atoms with Crippen molar-refractivity contribution < 1.29 is 14.3 Å². The third-order valence-corrected chi connectivity index (χ3v) is 4.76. The fraction of sp³-hybridized carbons (Fsp3) is 0.476. The van der Waals surface area contributed by atoms with Crippen LogP contribution < -0.4 is 10.6 Å². The number of carbonyl (C=O) groups excluding carboxylic acids is 2. The van der Waals surface area contributed by atoms with Crippen molar-refractivity contribution in [2.45, 2.75) is 20.3 Å². The number of carbonyl (C=O) groups is 2. The third-order valence-electron chi connectivity index (χ3n) is 4.76. The Labute approximate surface area is 171 Å². The topological polar surface area (TPSA) is 88.5 Å². The summed E-state index contributed by atoms with van der Waals surface area (Å²) in [5, 5.41) is 10.2. The highest BCUT2D eigenvalue weighted by Gasteiger charge is 2.18. The van der Waals surface area contributed by atoms with Gasteiger partial charge in [0, 0.05) is 31.6 Å². The van der Waals surface area contributed by atoms with E-state index in [9.17, 15) is 9.59 Å². The second-order valence-electron chi connectivity index (χ2n) is 7.37. The molecule has 1 saturated heterocycles. The Kier molecular flexibility index (Phi) is 7.37. The van der Waals surface area contributed by atoms with Crippen LogP contribution in [0.25, 0.3) is 5.69 Å². The zero-order chi connectivity index (χ0) is 20.6. The molecule has 1 fully saturated rings. The Morgan fingerprint density at radius 3 is 2.59 bits per heavy atom. The maximum absolute atomic E-state index is 12.6. The lowest BCUT2D eigenvalue weighted by Gasteiger charge is -2.26. The Hall–Kier alpha value is -2.71. The number of ether oxygens (including phenoxy) is 1. The van der Waals surface area contributed by atoms with Crippen molar-refractivity contribution in [3.8, 4) is 5.69 Å². The van der Waals surface area contributed by atoms with Gasteiger partial charge in [-0.1, -0.05) is 32.0 Å².